The number of nitrogens with one attached hydrogen (secondary N) is 1. The van der Waals surface area contributed by atoms with E-state index in [2.05, 4.69) is 25.2 Å². The minimum absolute atomic E-state index is 0.00695. The third-order valence-corrected chi connectivity index (χ3v) is 5.02. The van der Waals surface area contributed by atoms with Gasteiger partial charge in [-0.3, -0.25) is 9.59 Å². The maximum absolute atomic E-state index is 12.8. The summed E-state index contributed by atoms with van der Waals surface area (Å²) in [6, 6.07) is 22.8. The fourth-order valence-electron chi connectivity index (χ4n) is 3.57. The van der Waals surface area contributed by atoms with Gasteiger partial charge in [0.1, 0.15) is 6.54 Å². The molecule has 0 radical (unpaired) electrons. The molecular weight excluding hydrogens is 348 g/mol. The van der Waals surface area contributed by atoms with Gasteiger partial charge in [-0.25, -0.2) is 0 Å². The number of pyridine rings is 1. The Kier molecular flexibility index (Phi) is 4.70. The summed E-state index contributed by atoms with van der Waals surface area (Å²) in [5.41, 5.74) is 3.48. The summed E-state index contributed by atoms with van der Waals surface area (Å²) in [5.74, 6) is 0.267. The molecule has 0 saturated carbocycles. The van der Waals surface area contributed by atoms with Crippen LogP contribution in [0.1, 0.15) is 25.3 Å². The molecule has 0 aliphatic heterocycles. The molecule has 4 heteroatoms. The average molecular weight is 370 g/mol. The third kappa shape index (κ3) is 3.29. The van der Waals surface area contributed by atoms with Gasteiger partial charge >= 0.3 is 0 Å². The van der Waals surface area contributed by atoms with E-state index in [1.807, 2.05) is 71.3 Å². The molecule has 0 bridgehead atoms. The Morgan fingerprint density at radius 2 is 1.50 bits per heavy atom. The first-order chi connectivity index (χ1) is 13.5. The van der Waals surface area contributed by atoms with Gasteiger partial charge in [0.05, 0.1) is 11.0 Å². The molecule has 28 heavy (non-hydrogen) atoms. The second-order valence-corrected chi connectivity index (χ2v) is 7.28. The summed E-state index contributed by atoms with van der Waals surface area (Å²) in [6.45, 7) is 4.38. The minimum Gasteiger partial charge on any atom is -0.331 e. The Morgan fingerprint density at radius 3 is 2.11 bits per heavy atom. The van der Waals surface area contributed by atoms with E-state index in [4.69, 9.17) is 0 Å². The smallest absolute Gasteiger partial charge is 0.244 e. The Balaban J connectivity index is 1.75. The van der Waals surface area contributed by atoms with Crippen LogP contribution in [-0.4, -0.2) is 10.5 Å². The monoisotopic (exact) mass is 370 g/mol. The number of aromatic nitrogens is 1. The van der Waals surface area contributed by atoms with Crippen LogP contribution in [0.5, 0.6) is 0 Å². The molecule has 1 N–H and O–H groups in total. The van der Waals surface area contributed by atoms with Gasteiger partial charge in [0.2, 0.25) is 5.91 Å². The lowest BCUT2D eigenvalue weighted by atomic mass is 10.0. The molecule has 140 valence electrons. The summed E-state index contributed by atoms with van der Waals surface area (Å²) in [5, 5.41) is 4.23. The maximum atomic E-state index is 12.8. The maximum Gasteiger partial charge on any atom is 0.244 e. The van der Waals surface area contributed by atoms with Crippen LogP contribution in [0.25, 0.3) is 21.8 Å². The molecule has 0 fully saturated rings. The molecule has 0 aliphatic carbocycles. The van der Waals surface area contributed by atoms with Gasteiger partial charge in [-0.05, 0) is 47.9 Å². The predicted octanol–water partition coefficient (Wildman–Crippen LogP) is 4.92. The predicted molar refractivity (Wildman–Crippen MR) is 115 cm³/mol. The van der Waals surface area contributed by atoms with E-state index in [1.54, 1.807) is 0 Å². The van der Waals surface area contributed by atoms with Gasteiger partial charge in [0, 0.05) is 16.5 Å². The lowest BCUT2D eigenvalue weighted by Crippen LogP contribution is -2.21. The second-order valence-electron chi connectivity index (χ2n) is 7.28. The average Bonchev–Trinajstić information content (AvgIpc) is 2.71. The van der Waals surface area contributed by atoms with E-state index in [-0.39, 0.29) is 17.9 Å². The molecule has 1 amide bonds. The van der Waals surface area contributed by atoms with Crippen LogP contribution >= 0.6 is 0 Å². The summed E-state index contributed by atoms with van der Waals surface area (Å²) >= 11 is 0. The summed E-state index contributed by atoms with van der Waals surface area (Å²) in [4.78, 5) is 25.6. The van der Waals surface area contributed by atoms with E-state index in [9.17, 15) is 9.59 Å². The molecule has 3 aromatic carbocycles. The number of carbonyl (C=O) groups excluding carboxylic acids is 1. The fourth-order valence-corrected chi connectivity index (χ4v) is 3.57. The number of amides is 1. The van der Waals surface area contributed by atoms with Gasteiger partial charge in [0.25, 0.3) is 0 Å². The molecular formula is C24H22N2O2. The molecule has 0 unspecified atom stereocenters. The van der Waals surface area contributed by atoms with Crippen LogP contribution in [0.4, 0.5) is 5.69 Å². The first kappa shape index (κ1) is 18.0. The molecule has 4 aromatic rings. The Bertz CT molecular complexity index is 1180. The van der Waals surface area contributed by atoms with E-state index in [1.165, 1.54) is 5.56 Å². The zero-order chi connectivity index (χ0) is 19.7. The summed E-state index contributed by atoms with van der Waals surface area (Å²) < 4.78 is 1.91. The number of para-hydroxylation sites is 2. The standard InChI is InChI=1S/C24H22N2O2/c1-16(2)17-8-7-9-18(14-17)25-23(27)15-26-21-12-5-3-10-19(21)24(28)20-11-4-6-13-22(20)26/h3-14,16H,15H2,1-2H3,(H,25,27). The largest absolute Gasteiger partial charge is 0.331 e. The highest BCUT2D eigenvalue weighted by atomic mass is 16.2. The van der Waals surface area contributed by atoms with Gasteiger partial charge in [-0.2, -0.15) is 0 Å². The van der Waals surface area contributed by atoms with E-state index in [0.29, 0.717) is 16.7 Å². The van der Waals surface area contributed by atoms with Crippen molar-refractivity contribution in [3.63, 3.8) is 0 Å². The van der Waals surface area contributed by atoms with Gasteiger partial charge in [0.15, 0.2) is 5.43 Å². The molecule has 4 nitrogen and oxygen atoms in total. The molecule has 1 heterocycles. The Labute approximate surface area is 163 Å². The van der Waals surface area contributed by atoms with Crippen LogP contribution in [0.2, 0.25) is 0 Å². The number of nitrogens with zero attached hydrogens (tertiary/aromatic N) is 1. The van der Waals surface area contributed by atoms with Crippen molar-refractivity contribution in [2.45, 2.75) is 26.3 Å². The van der Waals surface area contributed by atoms with Crippen molar-refractivity contribution >= 4 is 33.4 Å². The second kappa shape index (κ2) is 7.31. The number of hydrogen-bond donors (Lipinski definition) is 1. The fraction of sp³-hybridized carbons (Fsp3) is 0.167. The van der Waals surface area contributed by atoms with Crippen LogP contribution in [0.3, 0.4) is 0 Å². The van der Waals surface area contributed by atoms with E-state index >= 15 is 0 Å². The topological polar surface area (TPSA) is 51.1 Å². The number of benzene rings is 3. The van der Waals surface area contributed by atoms with Crippen molar-refractivity contribution in [2.24, 2.45) is 0 Å². The zero-order valence-corrected chi connectivity index (χ0v) is 16.0. The number of anilines is 1. The van der Waals surface area contributed by atoms with Crippen molar-refractivity contribution in [1.82, 2.24) is 4.57 Å². The third-order valence-electron chi connectivity index (χ3n) is 5.02. The van der Waals surface area contributed by atoms with Gasteiger partial charge in [-0.15, -0.1) is 0 Å². The lowest BCUT2D eigenvalue weighted by molar-refractivity contribution is -0.116. The molecule has 4 rings (SSSR count). The Morgan fingerprint density at radius 1 is 0.893 bits per heavy atom. The number of rotatable bonds is 4. The number of carbonyl (C=O) groups is 1. The first-order valence-electron chi connectivity index (χ1n) is 9.44. The van der Waals surface area contributed by atoms with Gasteiger partial charge < -0.3 is 9.88 Å². The van der Waals surface area contributed by atoms with E-state index in [0.717, 1.165) is 16.7 Å². The van der Waals surface area contributed by atoms with Crippen LogP contribution in [0, 0.1) is 0 Å². The molecule has 0 aliphatic rings. The lowest BCUT2D eigenvalue weighted by Gasteiger charge is -2.15. The highest BCUT2D eigenvalue weighted by Gasteiger charge is 2.13. The van der Waals surface area contributed by atoms with Crippen molar-refractivity contribution in [3.05, 3.63) is 88.6 Å². The van der Waals surface area contributed by atoms with Crippen molar-refractivity contribution in [1.29, 1.82) is 0 Å². The SMILES string of the molecule is CC(C)c1cccc(NC(=O)Cn2c3ccccc3c(=O)c3ccccc32)c1. The first-order valence-corrected chi connectivity index (χ1v) is 9.44. The van der Waals surface area contributed by atoms with Crippen molar-refractivity contribution < 1.29 is 4.79 Å². The quantitative estimate of drug-likeness (QED) is 0.519. The van der Waals surface area contributed by atoms with Gasteiger partial charge in [-0.1, -0.05) is 50.2 Å². The number of hydrogen-bond acceptors (Lipinski definition) is 2. The molecule has 0 atom stereocenters. The summed E-state index contributed by atoms with van der Waals surface area (Å²) in [7, 11) is 0. The Hall–Kier alpha value is -3.40. The summed E-state index contributed by atoms with van der Waals surface area (Å²) in [6.07, 6.45) is 0. The highest BCUT2D eigenvalue weighted by molar-refractivity contribution is 5.97. The van der Waals surface area contributed by atoms with Crippen molar-refractivity contribution in [3.8, 4) is 0 Å². The minimum atomic E-state index is -0.125. The molecule has 1 aromatic heterocycles. The number of fused-ring (bicyclic) bond motifs is 2. The molecule has 0 spiro atoms. The molecule has 0 saturated heterocycles. The zero-order valence-electron chi connectivity index (χ0n) is 16.0. The van der Waals surface area contributed by atoms with Crippen LogP contribution < -0.4 is 10.7 Å². The van der Waals surface area contributed by atoms with Crippen molar-refractivity contribution in [2.75, 3.05) is 5.32 Å². The van der Waals surface area contributed by atoms with Crippen LogP contribution in [0.15, 0.2) is 77.6 Å². The van der Waals surface area contributed by atoms with Crippen LogP contribution in [-0.2, 0) is 11.3 Å². The normalized spacial score (nSPS) is 11.2. The van der Waals surface area contributed by atoms with E-state index < -0.39 is 0 Å². The highest BCUT2D eigenvalue weighted by Crippen LogP contribution is 2.21.